The molecule has 2 amide bonds. The highest BCUT2D eigenvalue weighted by atomic mass is 16.2. The number of nitrogens with one attached hydrogen (secondary N) is 1. The van der Waals surface area contributed by atoms with E-state index in [1.54, 1.807) is 0 Å². The van der Waals surface area contributed by atoms with Crippen LogP contribution in [-0.4, -0.2) is 46.9 Å². The molecule has 9 nitrogen and oxygen atoms in total. The van der Waals surface area contributed by atoms with Crippen LogP contribution >= 0.6 is 0 Å². The molecule has 1 saturated heterocycles. The highest BCUT2D eigenvalue weighted by Crippen LogP contribution is 2.42. The third kappa shape index (κ3) is 4.14. The lowest BCUT2D eigenvalue weighted by Gasteiger charge is -2.36. The number of benzene rings is 2. The molecule has 1 fully saturated rings. The Kier molecular flexibility index (Phi) is 6.12. The van der Waals surface area contributed by atoms with Crippen LogP contribution in [0, 0.1) is 0 Å². The fraction of sp³-hybridized carbons (Fsp3) is 0.357. The number of imidazole rings is 1. The number of imide groups is 1. The van der Waals surface area contributed by atoms with Crippen molar-refractivity contribution in [3.05, 3.63) is 71.8 Å². The summed E-state index contributed by atoms with van der Waals surface area (Å²) in [4.78, 5) is 31.4. The summed E-state index contributed by atoms with van der Waals surface area (Å²) in [5.41, 5.74) is 5.19. The highest BCUT2D eigenvalue weighted by Gasteiger charge is 2.41. The number of fused-ring (bicyclic) bond motifs is 1. The maximum absolute atomic E-state index is 12.6. The van der Waals surface area contributed by atoms with E-state index in [9.17, 15) is 9.59 Å². The van der Waals surface area contributed by atoms with Gasteiger partial charge in [0.1, 0.15) is 5.82 Å². The van der Waals surface area contributed by atoms with Crippen LogP contribution in [0.4, 0.5) is 0 Å². The zero-order chi connectivity index (χ0) is 25.4. The first-order chi connectivity index (χ1) is 18.2. The van der Waals surface area contributed by atoms with Crippen LogP contribution in [0.5, 0.6) is 0 Å². The van der Waals surface area contributed by atoms with Gasteiger partial charge in [0.2, 0.25) is 17.6 Å². The number of hydrogen-bond donors (Lipinski definition) is 1. The molecule has 2 aromatic heterocycles. The van der Waals surface area contributed by atoms with Gasteiger partial charge >= 0.3 is 0 Å². The lowest BCUT2D eigenvalue weighted by molar-refractivity contribution is -0.142. The van der Waals surface area contributed by atoms with Crippen LogP contribution < -0.4 is 0 Å². The summed E-state index contributed by atoms with van der Waals surface area (Å²) in [5, 5.41) is 14.6. The van der Waals surface area contributed by atoms with E-state index in [-0.39, 0.29) is 23.9 Å². The third-order valence-corrected chi connectivity index (χ3v) is 7.54. The first-order valence-corrected chi connectivity index (χ1v) is 13.0. The Morgan fingerprint density at radius 2 is 1.68 bits per heavy atom. The quantitative estimate of drug-likeness (QED) is 0.374. The summed E-state index contributed by atoms with van der Waals surface area (Å²) < 4.78 is 2.30. The second kappa shape index (κ2) is 9.72. The van der Waals surface area contributed by atoms with Crippen molar-refractivity contribution in [2.24, 2.45) is 0 Å². The van der Waals surface area contributed by atoms with Crippen molar-refractivity contribution in [1.82, 2.24) is 35.1 Å². The van der Waals surface area contributed by atoms with Crippen molar-refractivity contribution in [2.45, 2.75) is 64.0 Å². The molecule has 0 bridgehead atoms. The van der Waals surface area contributed by atoms with Gasteiger partial charge in [0.15, 0.2) is 0 Å². The van der Waals surface area contributed by atoms with Gasteiger partial charge < -0.3 is 4.57 Å². The Hall–Kier alpha value is -4.14. The molecule has 6 rings (SSSR count). The van der Waals surface area contributed by atoms with Crippen LogP contribution in [0.15, 0.2) is 54.7 Å². The highest BCUT2D eigenvalue weighted by molar-refractivity contribution is 6.02. The fourth-order valence-corrected chi connectivity index (χ4v) is 5.74. The Bertz CT molecular complexity index is 1410. The minimum Gasteiger partial charge on any atom is -0.323 e. The number of unbranched alkanes of at least 4 members (excludes halogenated alkanes) is 1. The van der Waals surface area contributed by atoms with Crippen LogP contribution in [0.2, 0.25) is 0 Å². The lowest BCUT2D eigenvalue weighted by Crippen LogP contribution is -2.38. The van der Waals surface area contributed by atoms with E-state index in [4.69, 9.17) is 4.98 Å². The second-order valence-corrected chi connectivity index (χ2v) is 9.74. The Balaban J connectivity index is 1.35. The minimum absolute atomic E-state index is 0.0686. The van der Waals surface area contributed by atoms with E-state index in [1.807, 2.05) is 24.4 Å². The molecule has 1 N–H and O–H groups in total. The average Bonchev–Trinajstić information content (AvgIpc) is 3.68. The molecule has 0 aliphatic carbocycles. The molecule has 0 radical (unpaired) electrons. The van der Waals surface area contributed by atoms with E-state index in [2.05, 4.69) is 62.4 Å². The van der Waals surface area contributed by atoms with Gasteiger partial charge in [-0.25, -0.2) is 4.98 Å². The number of aryl methyl sites for hydroxylation is 1. The first-order valence-electron chi connectivity index (χ1n) is 13.0. The number of carbonyl (C=O) groups excluding carboxylic acids is 2. The number of aromatic nitrogens is 6. The van der Waals surface area contributed by atoms with Crippen LogP contribution in [0.1, 0.15) is 74.6 Å². The molecule has 188 valence electrons. The number of rotatable bonds is 7. The Morgan fingerprint density at radius 1 is 0.946 bits per heavy atom. The maximum Gasteiger partial charge on any atom is 0.230 e. The number of nitrogens with zero attached hydrogens (tertiary/aromatic N) is 6. The van der Waals surface area contributed by atoms with Gasteiger partial charge in [-0.3, -0.25) is 14.5 Å². The van der Waals surface area contributed by atoms with E-state index in [0.717, 1.165) is 60.3 Å². The number of hydrogen-bond acceptors (Lipinski definition) is 6. The summed E-state index contributed by atoms with van der Waals surface area (Å²) in [6, 6.07) is 16.5. The summed E-state index contributed by atoms with van der Waals surface area (Å²) in [6.07, 6.45) is 7.07. The molecular formula is C28H29N7O2. The second-order valence-electron chi connectivity index (χ2n) is 9.74. The Labute approximate surface area is 214 Å². The van der Waals surface area contributed by atoms with Crippen LogP contribution in [0.25, 0.3) is 22.5 Å². The van der Waals surface area contributed by atoms with Crippen molar-refractivity contribution in [2.75, 3.05) is 0 Å². The summed E-state index contributed by atoms with van der Waals surface area (Å²) in [7, 11) is 0. The normalized spacial score (nSPS) is 19.4. The Morgan fingerprint density at radius 3 is 2.38 bits per heavy atom. The number of carbonyl (C=O) groups is 2. The molecule has 37 heavy (non-hydrogen) atoms. The minimum atomic E-state index is -0.234. The molecule has 2 aliphatic heterocycles. The maximum atomic E-state index is 12.6. The summed E-state index contributed by atoms with van der Waals surface area (Å²) >= 11 is 0. The molecule has 0 saturated carbocycles. The van der Waals surface area contributed by atoms with Gasteiger partial charge in [0.25, 0.3) is 0 Å². The zero-order valence-corrected chi connectivity index (χ0v) is 20.8. The van der Waals surface area contributed by atoms with Gasteiger partial charge in [0.05, 0.1) is 24.0 Å². The van der Waals surface area contributed by atoms with Gasteiger partial charge in [-0.15, -0.1) is 10.2 Å². The number of amides is 2. The number of H-pyrrole nitrogens is 1. The summed E-state index contributed by atoms with van der Waals surface area (Å²) in [5.74, 6) is 1.45. The smallest absolute Gasteiger partial charge is 0.230 e. The molecule has 2 atom stereocenters. The predicted molar refractivity (Wildman–Crippen MR) is 137 cm³/mol. The molecule has 0 unspecified atom stereocenters. The molecular weight excluding hydrogens is 466 g/mol. The average molecular weight is 496 g/mol. The number of likely N-dealkylation sites (tertiary alicyclic amines) is 1. The van der Waals surface area contributed by atoms with Crippen molar-refractivity contribution >= 4 is 11.8 Å². The topological polar surface area (TPSA) is 110 Å². The first kappa shape index (κ1) is 23.3. The third-order valence-electron chi connectivity index (χ3n) is 7.54. The molecule has 9 heteroatoms. The SMILES string of the molecule is CCCCc1ncc2n1[C@H](c1ccc(-c3ccccc3-c3nn[nH]n3)cc1)CC[C@@H]2N1C(=O)CCC1=O. The van der Waals surface area contributed by atoms with E-state index < -0.39 is 0 Å². The van der Waals surface area contributed by atoms with Gasteiger partial charge in [-0.05, 0) is 41.2 Å². The van der Waals surface area contributed by atoms with Crippen LogP contribution in [-0.2, 0) is 16.0 Å². The fourth-order valence-electron chi connectivity index (χ4n) is 5.74. The van der Waals surface area contributed by atoms with E-state index in [0.29, 0.717) is 18.7 Å². The standard InChI is InChI=1S/C28H29N7O2/c1-2-3-8-25-29-17-24-23(35-26(36)15-16-27(35)37)14-13-22(34(24)25)19-11-9-18(10-12-19)20-6-4-5-7-21(20)28-30-32-33-31-28/h4-7,9-12,17,22-23H,2-3,8,13-16H2,1H3,(H,30,31,32,33)/t22-,23-/m0/s1. The molecule has 0 spiro atoms. The van der Waals surface area contributed by atoms with Gasteiger partial charge in [0, 0.05) is 24.8 Å². The van der Waals surface area contributed by atoms with Crippen molar-refractivity contribution in [1.29, 1.82) is 0 Å². The van der Waals surface area contributed by atoms with Gasteiger partial charge in [-0.1, -0.05) is 61.9 Å². The largest absolute Gasteiger partial charge is 0.323 e. The lowest BCUT2D eigenvalue weighted by atomic mass is 9.90. The van der Waals surface area contributed by atoms with Crippen molar-refractivity contribution in [3.8, 4) is 22.5 Å². The van der Waals surface area contributed by atoms with E-state index in [1.165, 1.54) is 10.5 Å². The van der Waals surface area contributed by atoms with E-state index >= 15 is 0 Å². The van der Waals surface area contributed by atoms with Gasteiger partial charge in [-0.2, -0.15) is 5.21 Å². The predicted octanol–water partition coefficient (Wildman–Crippen LogP) is 4.65. The van der Waals surface area contributed by atoms with Crippen molar-refractivity contribution < 1.29 is 9.59 Å². The number of tetrazole rings is 1. The molecule has 2 aliphatic rings. The van der Waals surface area contributed by atoms with Crippen molar-refractivity contribution in [3.63, 3.8) is 0 Å². The molecule has 4 heterocycles. The summed E-state index contributed by atoms with van der Waals surface area (Å²) in [6.45, 7) is 2.17. The molecule has 2 aromatic carbocycles. The monoisotopic (exact) mass is 495 g/mol. The number of aromatic amines is 1. The zero-order valence-electron chi connectivity index (χ0n) is 20.8. The molecule has 4 aromatic rings. The van der Waals surface area contributed by atoms with Crippen LogP contribution in [0.3, 0.4) is 0 Å².